The molecule has 5 nitrogen and oxygen atoms in total. The number of hydrogen-bond acceptors (Lipinski definition) is 4. The van der Waals surface area contributed by atoms with Crippen molar-refractivity contribution < 1.29 is 18.8 Å². The van der Waals surface area contributed by atoms with Crippen LogP contribution in [0, 0.1) is 5.82 Å². The van der Waals surface area contributed by atoms with Crippen LogP contribution in [0.15, 0.2) is 53.1 Å². The molecule has 0 aliphatic carbocycles. The molecule has 1 heterocycles. The zero-order valence-electron chi connectivity index (χ0n) is 11.6. The Morgan fingerprint density at radius 2 is 2.00 bits per heavy atom. The average Bonchev–Trinajstić information content (AvgIpc) is 3.01. The van der Waals surface area contributed by atoms with Gasteiger partial charge in [-0.3, -0.25) is 4.79 Å². The predicted octanol–water partition coefficient (Wildman–Crippen LogP) is 4.09. The fourth-order valence-electron chi connectivity index (χ4n) is 1.96. The number of phenols is 1. The summed E-state index contributed by atoms with van der Waals surface area (Å²) in [5.41, 5.74) is 0.765. The molecule has 0 atom stereocenters. The Hall–Kier alpha value is -2.86. The van der Waals surface area contributed by atoms with Crippen LogP contribution in [-0.4, -0.2) is 16.2 Å². The van der Waals surface area contributed by atoms with Crippen LogP contribution in [0.1, 0.15) is 10.5 Å². The van der Waals surface area contributed by atoms with E-state index in [0.29, 0.717) is 11.3 Å². The van der Waals surface area contributed by atoms with Crippen molar-refractivity contribution in [2.75, 3.05) is 5.32 Å². The summed E-state index contributed by atoms with van der Waals surface area (Å²) >= 11 is 5.66. The number of aromatic hydroxyl groups is 1. The number of phenolic OH excluding ortho intramolecular Hbond substituents is 1. The molecule has 0 unspecified atom stereocenters. The third-order valence-corrected chi connectivity index (χ3v) is 3.38. The minimum atomic E-state index is -0.576. The van der Waals surface area contributed by atoms with Crippen molar-refractivity contribution in [1.29, 1.82) is 0 Å². The monoisotopic (exact) mass is 332 g/mol. The first kappa shape index (κ1) is 15.1. The summed E-state index contributed by atoms with van der Waals surface area (Å²) in [6.45, 7) is 0. The van der Waals surface area contributed by atoms with E-state index in [1.165, 1.54) is 24.3 Å². The summed E-state index contributed by atoms with van der Waals surface area (Å²) in [7, 11) is 0. The zero-order chi connectivity index (χ0) is 16.4. The number of carbonyl (C=O) groups is 1. The number of nitrogens with one attached hydrogen (secondary N) is 1. The van der Waals surface area contributed by atoms with Gasteiger partial charge in [0.25, 0.3) is 5.91 Å². The van der Waals surface area contributed by atoms with Crippen LogP contribution in [0.25, 0.3) is 11.3 Å². The van der Waals surface area contributed by atoms with Crippen molar-refractivity contribution >= 4 is 23.2 Å². The Balaban J connectivity index is 1.81. The SMILES string of the molecule is O=C(Nc1ccc(F)c(Cl)c1)c1cc(-c2ccccc2O)on1. The minimum Gasteiger partial charge on any atom is -0.507 e. The standard InChI is InChI=1S/C16H10ClFN2O3/c17-11-7-9(5-6-12(11)18)19-16(22)13-8-15(23-20-13)10-3-1-2-4-14(10)21/h1-8,21H,(H,19,22). The van der Waals surface area contributed by atoms with Gasteiger partial charge in [0.2, 0.25) is 0 Å². The molecule has 0 saturated carbocycles. The third kappa shape index (κ3) is 3.17. The van der Waals surface area contributed by atoms with E-state index in [9.17, 15) is 14.3 Å². The van der Waals surface area contributed by atoms with E-state index in [-0.39, 0.29) is 22.2 Å². The molecule has 2 N–H and O–H groups in total. The van der Waals surface area contributed by atoms with E-state index in [4.69, 9.17) is 16.1 Å². The number of carbonyl (C=O) groups excluding carboxylic acids is 1. The highest BCUT2D eigenvalue weighted by Crippen LogP contribution is 2.29. The highest BCUT2D eigenvalue weighted by molar-refractivity contribution is 6.31. The van der Waals surface area contributed by atoms with Crippen molar-refractivity contribution in [2.24, 2.45) is 0 Å². The number of amides is 1. The first-order valence-electron chi connectivity index (χ1n) is 6.56. The number of halogens is 2. The number of anilines is 1. The molecular formula is C16H10ClFN2O3. The van der Waals surface area contributed by atoms with Crippen LogP contribution in [0.2, 0.25) is 5.02 Å². The molecule has 23 heavy (non-hydrogen) atoms. The van der Waals surface area contributed by atoms with Gasteiger partial charge in [-0.15, -0.1) is 0 Å². The summed E-state index contributed by atoms with van der Waals surface area (Å²) in [5, 5.41) is 15.9. The molecule has 0 aliphatic heterocycles. The van der Waals surface area contributed by atoms with Gasteiger partial charge in [0.1, 0.15) is 11.6 Å². The van der Waals surface area contributed by atoms with Crippen LogP contribution < -0.4 is 5.32 Å². The van der Waals surface area contributed by atoms with Gasteiger partial charge in [-0.25, -0.2) is 4.39 Å². The summed E-state index contributed by atoms with van der Waals surface area (Å²) in [4.78, 5) is 12.1. The lowest BCUT2D eigenvalue weighted by atomic mass is 10.1. The van der Waals surface area contributed by atoms with Gasteiger partial charge in [0.05, 0.1) is 10.6 Å². The second kappa shape index (κ2) is 6.10. The summed E-state index contributed by atoms with van der Waals surface area (Å²) in [6.07, 6.45) is 0. The molecule has 0 bridgehead atoms. The smallest absolute Gasteiger partial charge is 0.277 e. The Morgan fingerprint density at radius 1 is 1.22 bits per heavy atom. The van der Waals surface area contributed by atoms with E-state index in [1.807, 2.05) is 0 Å². The van der Waals surface area contributed by atoms with Crippen molar-refractivity contribution in [3.8, 4) is 17.1 Å². The van der Waals surface area contributed by atoms with E-state index < -0.39 is 11.7 Å². The highest BCUT2D eigenvalue weighted by atomic mass is 35.5. The Bertz CT molecular complexity index is 879. The second-order valence-corrected chi connectivity index (χ2v) is 5.08. The molecule has 3 aromatic rings. The topological polar surface area (TPSA) is 75.4 Å². The van der Waals surface area contributed by atoms with Crippen LogP contribution in [0.5, 0.6) is 5.75 Å². The number of rotatable bonds is 3. The molecule has 0 spiro atoms. The summed E-state index contributed by atoms with van der Waals surface area (Å²) in [6, 6.07) is 11.7. The number of hydrogen-bond donors (Lipinski definition) is 2. The maximum Gasteiger partial charge on any atom is 0.277 e. The van der Waals surface area contributed by atoms with Crippen LogP contribution in [-0.2, 0) is 0 Å². The normalized spacial score (nSPS) is 10.5. The van der Waals surface area contributed by atoms with Gasteiger partial charge in [-0.05, 0) is 30.3 Å². The maximum absolute atomic E-state index is 13.1. The van der Waals surface area contributed by atoms with Crippen LogP contribution in [0.4, 0.5) is 10.1 Å². The van der Waals surface area contributed by atoms with Gasteiger partial charge in [-0.2, -0.15) is 0 Å². The van der Waals surface area contributed by atoms with E-state index in [2.05, 4.69) is 10.5 Å². The highest BCUT2D eigenvalue weighted by Gasteiger charge is 2.16. The Kier molecular flexibility index (Phi) is 3.99. The molecule has 0 fully saturated rings. The number of benzene rings is 2. The van der Waals surface area contributed by atoms with E-state index in [0.717, 1.165) is 6.07 Å². The number of aromatic nitrogens is 1. The fourth-order valence-corrected chi connectivity index (χ4v) is 2.14. The van der Waals surface area contributed by atoms with Crippen molar-refractivity contribution in [1.82, 2.24) is 5.16 Å². The first-order chi connectivity index (χ1) is 11.0. The average molecular weight is 333 g/mol. The lowest BCUT2D eigenvalue weighted by molar-refractivity contribution is 0.101. The third-order valence-electron chi connectivity index (χ3n) is 3.09. The molecule has 2 aromatic carbocycles. The first-order valence-corrected chi connectivity index (χ1v) is 6.94. The fraction of sp³-hybridized carbons (Fsp3) is 0. The Labute approximate surface area is 135 Å². The lowest BCUT2D eigenvalue weighted by Crippen LogP contribution is -2.12. The minimum absolute atomic E-state index is 0.0147. The molecule has 116 valence electrons. The largest absolute Gasteiger partial charge is 0.507 e. The van der Waals surface area contributed by atoms with Crippen molar-refractivity contribution in [2.45, 2.75) is 0 Å². The number of para-hydroxylation sites is 1. The second-order valence-electron chi connectivity index (χ2n) is 4.68. The Morgan fingerprint density at radius 3 is 2.74 bits per heavy atom. The van der Waals surface area contributed by atoms with Gasteiger partial charge in [0, 0.05) is 11.8 Å². The molecule has 0 aliphatic rings. The molecule has 1 amide bonds. The maximum atomic E-state index is 13.1. The summed E-state index contributed by atoms with van der Waals surface area (Å²) in [5.74, 6) is -0.850. The lowest BCUT2D eigenvalue weighted by Gasteiger charge is -2.03. The molecule has 3 rings (SSSR count). The number of nitrogens with zero attached hydrogens (tertiary/aromatic N) is 1. The molecule has 0 radical (unpaired) electrons. The molecule has 1 aromatic heterocycles. The predicted molar refractivity (Wildman–Crippen MR) is 83.0 cm³/mol. The molecule has 0 saturated heterocycles. The zero-order valence-corrected chi connectivity index (χ0v) is 12.3. The van der Waals surface area contributed by atoms with Gasteiger partial charge in [-0.1, -0.05) is 28.9 Å². The van der Waals surface area contributed by atoms with Gasteiger partial charge in [0.15, 0.2) is 11.5 Å². The molecule has 7 heteroatoms. The molecular weight excluding hydrogens is 323 g/mol. The van der Waals surface area contributed by atoms with Crippen molar-refractivity contribution in [3.05, 3.63) is 65.1 Å². The van der Waals surface area contributed by atoms with Gasteiger partial charge < -0.3 is 14.9 Å². The quantitative estimate of drug-likeness (QED) is 0.757. The van der Waals surface area contributed by atoms with Crippen molar-refractivity contribution in [3.63, 3.8) is 0 Å². The van der Waals surface area contributed by atoms with Crippen LogP contribution in [0.3, 0.4) is 0 Å². The van der Waals surface area contributed by atoms with Crippen LogP contribution >= 0.6 is 11.6 Å². The van der Waals surface area contributed by atoms with Gasteiger partial charge >= 0.3 is 0 Å². The van der Waals surface area contributed by atoms with E-state index >= 15 is 0 Å². The summed E-state index contributed by atoms with van der Waals surface area (Å²) < 4.78 is 18.2. The van der Waals surface area contributed by atoms with E-state index in [1.54, 1.807) is 18.2 Å².